The minimum absolute atomic E-state index is 0.00331. The van der Waals surface area contributed by atoms with Crippen molar-refractivity contribution in [3.8, 4) is 11.1 Å². The zero-order chi connectivity index (χ0) is 21.8. The number of nitrogens with one attached hydrogen (secondary N) is 1. The van der Waals surface area contributed by atoms with E-state index in [9.17, 15) is 19.5 Å². The molecule has 154 valence electrons. The summed E-state index contributed by atoms with van der Waals surface area (Å²) in [5.41, 5.74) is 2.94. The van der Waals surface area contributed by atoms with Crippen molar-refractivity contribution in [2.24, 2.45) is 0 Å². The van der Waals surface area contributed by atoms with Crippen LogP contribution >= 0.6 is 11.3 Å². The van der Waals surface area contributed by atoms with Gasteiger partial charge in [-0.2, -0.15) is 0 Å². The van der Waals surface area contributed by atoms with Gasteiger partial charge in [0.15, 0.2) is 0 Å². The molecule has 7 heteroatoms. The first-order valence-electron chi connectivity index (χ1n) is 9.16. The minimum atomic E-state index is -1.48. The number of rotatable bonds is 6. The highest BCUT2D eigenvalue weighted by atomic mass is 32.1. The Morgan fingerprint density at radius 3 is 2.28 bits per heavy atom. The Balaban J connectivity index is 2.52. The fraction of sp³-hybridized carbons (Fsp3) is 0.318. The second kappa shape index (κ2) is 9.05. The standard InChI is InChI=1S/C22H25NO5S/c1-6-28-21(27)19-18(14-7-9-15(10-8-14)22(3,4)5)13(2)29-20(19)23-16(24)11-12-17(25)26/h7-12H,6H2,1-5H3,(H,23,24)(H,25,26)/p-1. The number of amides is 1. The van der Waals surface area contributed by atoms with E-state index in [1.165, 1.54) is 11.3 Å². The van der Waals surface area contributed by atoms with Crippen LogP contribution in [-0.4, -0.2) is 24.5 Å². The molecule has 0 atom stereocenters. The van der Waals surface area contributed by atoms with Crippen LogP contribution in [0.25, 0.3) is 11.1 Å². The number of carbonyl (C=O) groups excluding carboxylic acids is 3. The van der Waals surface area contributed by atoms with E-state index in [0.29, 0.717) is 16.6 Å². The zero-order valence-corrected chi connectivity index (χ0v) is 17.9. The topological polar surface area (TPSA) is 95.5 Å². The number of carbonyl (C=O) groups is 3. The van der Waals surface area contributed by atoms with E-state index in [0.717, 1.165) is 22.1 Å². The summed E-state index contributed by atoms with van der Waals surface area (Å²) in [6.45, 7) is 10.1. The van der Waals surface area contributed by atoms with Gasteiger partial charge in [0.05, 0.1) is 12.6 Å². The molecular formula is C22H24NO5S-. The number of hydrogen-bond donors (Lipinski definition) is 1. The molecule has 0 unspecified atom stereocenters. The predicted molar refractivity (Wildman–Crippen MR) is 112 cm³/mol. The van der Waals surface area contributed by atoms with Crippen molar-refractivity contribution in [1.82, 2.24) is 0 Å². The SMILES string of the molecule is CCOC(=O)c1c(NC(=O)C=CC(=O)[O-])sc(C)c1-c1ccc(C(C)(C)C)cc1. The molecular weight excluding hydrogens is 390 g/mol. The minimum Gasteiger partial charge on any atom is -0.545 e. The predicted octanol–water partition coefficient (Wildman–Crippen LogP) is 3.44. The Bertz CT molecular complexity index is 949. The zero-order valence-electron chi connectivity index (χ0n) is 17.1. The second-order valence-corrected chi connectivity index (χ2v) is 8.65. The van der Waals surface area contributed by atoms with Crippen LogP contribution in [0, 0.1) is 6.92 Å². The summed E-state index contributed by atoms with van der Waals surface area (Å²) in [5.74, 6) is -2.70. The third-order valence-corrected chi connectivity index (χ3v) is 5.23. The molecule has 0 saturated heterocycles. The van der Waals surface area contributed by atoms with Crippen molar-refractivity contribution in [3.63, 3.8) is 0 Å². The molecule has 1 aromatic carbocycles. The van der Waals surface area contributed by atoms with Crippen molar-refractivity contribution in [1.29, 1.82) is 0 Å². The largest absolute Gasteiger partial charge is 0.545 e. The van der Waals surface area contributed by atoms with Gasteiger partial charge in [-0.3, -0.25) is 4.79 Å². The van der Waals surface area contributed by atoms with Crippen LogP contribution in [0.1, 0.15) is 48.5 Å². The summed E-state index contributed by atoms with van der Waals surface area (Å²) in [4.78, 5) is 36.0. The number of hydrogen-bond acceptors (Lipinski definition) is 6. The van der Waals surface area contributed by atoms with Crippen molar-refractivity contribution in [2.45, 2.75) is 40.0 Å². The third-order valence-electron chi connectivity index (χ3n) is 4.21. The first-order chi connectivity index (χ1) is 13.5. The maximum absolute atomic E-state index is 12.7. The number of thiophene rings is 1. The molecule has 0 saturated carbocycles. The number of carboxylic acids is 1. The van der Waals surface area contributed by atoms with E-state index in [-0.39, 0.29) is 17.6 Å². The van der Waals surface area contributed by atoms with Gasteiger partial charge in [-0.05, 0) is 36.5 Å². The van der Waals surface area contributed by atoms with E-state index < -0.39 is 17.8 Å². The highest BCUT2D eigenvalue weighted by molar-refractivity contribution is 7.17. The Morgan fingerprint density at radius 2 is 1.76 bits per heavy atom. The lowest BCUT2D eigenvalue weighted by Crippen LogP contribution is -2.20. The lowest BCUT2D eigenvalue weighted by Gasteiger charge is -2.19. The molecule has 1 amide bonds. The first kappa shape index (κ1) is 22.4. The Kier molecular flexibility index (Phi) is 6.97. The molecule has 0 aliphatic heterocycles. The number of carboxylic acid groups (broad SMARTS) is 1. The molecule has 2 rings (SSSR count). The fourth-order valence-electron chi connectivity index (χ4n) is 2.81. The van der Waals surface area contributed by atoms with Crippen LogP contribution in [-0.2, 0) is 19.7 Å². The monoisotopic (exact) mass is 414 g/mol. The van der Waals surface area contributed by atoms with E-state index in [2.05, 4.69) is 26.1 Å². The molecule has 1 N–H and O–H groups in total. The molecule has 0 bridgehead atoms. The van der Waals surface area contributed by atoms with E-state index >= 15 is 0 Å². The second-order valence-electron chi connectivity index (χ2n) is 7.43. The number of aryl methyl sites for hydroxylation is 1. The molecule has 1 heterocycles. The van der Waals surface area contributed by atoms with Gasteiger partial charge in [0, 0.05) is 16.5 Å². The van der Waals surface area contributed by atoms with Crippen LogP contribution in [0.5, 0.6) is 0 Å². The quantitative estimate of drug-likeness (QED) is 0.577. The summed E-state index contributed by atoms with van der Waals surface area (Å²) < 4.78 is 5.20. The molecule has 1 aromatic heterocycles. The van der Waals surface area contributed by atoms with E-state index in [1.807, 2.05) is 31.2 Å². The van der Waals surface area contributed by atoms with Gasteiger partial charge in [0.2, 0.25) is 5.91 Å². The van der Waals surface area contributed by atoms with Gasteiger partial charge in [-0.25, -0.2) is 4.79 Å². The summed E-state index contributed by atoms with van der Waals surface area (Å²) in [5, 5.41) is 13.4. The Labute approximate surface area is 174 Å². The van der Waals surface area contributed by atoms with Crippen LogP contribution in [0.2, 0.25) is 0 Å². The van der Waals surface area contributed by atoms with Gasteiger partial charge < -0.3 is 20.0 Å². The Morgan fingerprint density at radius 1 is 1.14 bits per heavy atom. The van der Waals surface area contributed by atoms with Gasteiger partial charge in [-0.1, -0.05) is 45.0 Å². The van der Waals surface area contributed by atoms with Crippen LogP contribution < -0.4 is 10.4 Å². The number of benzene rings is 1. The molecule has 0 fully saturated rings. The number of aliphatic carboxylic acids is 1. The fourth-order valence-corrected chi connectivity index (χ4v) is 3.88. The summed E-state index contributed by atoms with van der Waals surface area (Å²) in [7, 11) is 0. The normalized spacial score (nSPS) is 11.5. The van der Waals surface area contributed by atoms with Crippen molar-refractivity contribution in [3.05, 3.63) is 52.4 Å². The number of esters is 1. The molecule has 0 aliphatic carbocycles. The van der Waals surface area contributed by atoms with Crippen LogP contribution in [0.4, 0.5) is 5.00 Å². The van der Waals surface area contributed by atoms with Crippen LogP contribution in [0.3, 0.4) is 0 Å². The number of anilines is 1. The van der Waals surface area contributed by atoms with Crippen molar-refractivity contribution in [2.75, 3.05) is 11.9 Å². The maximum Gasteiger partial charge on any atom is 0.341 e. The molecule has 0 radical (unpaired) electrons. The van der Waals surface area contributed by atoms with Crippen molar-refractivity contribution < 1.29 is 24.2 Å². The number of ether oxygens (including phenoxy) is 1. The summed E-state index contributed by atoms with van der Waals surface area (Å²) >= 11 is 1.23. The highest BCUT2D eigenvalue weighted by Crippen LogP contribution is 2.41. The average Bonchev–Trinajstić information content (AvgIpc) is 2.95. The molecule has 0 aliphatic rings. The molecule has 29 heavy (non-hydrogen) atoms. The Hall–Kier alpha value is -2.93. The molecule has 2 aromatic rings. The molecule has 0 spiro atoms. The maximum atomic E-state index is 12.7. The highest BCUT2D eigenvalue weighted by Gasteiger charge is 2.25. The van der Waals surface area contributed by atoms with Crippen LogP contribution in [0.15, 0.2) is 36.4 Å². The average molecular weight is 415 g/mol. The first-order valence-corrected chi connectivity index (χ1v) is 9.97. The summed E-state index contributed by atoms with van der Waals surface area (Å²) in [6.07, 6.45) is 1.48. The lowest BCUT2D eigenvalue weighted by atomic mass is 9.86. The summed E-state index contributed by atoms with van der Waals surface area (Å²) in [6, 6.07) is 7.92. The smallest absolute Gasteiger partial charge is 0.341 e. The van der Waals surface area contributed by atoms with E-state index in [1.54, 1.807) is 6.92 Å². The van der Waals surface area contributed by atoms with Gasteiger partial charge in [0.1, 0.15) is 10.6 Å². The third kappa shape index (κ3) is 5.54. The van der Waals surface area contributed by atoms with Gasteiger partial charge in [-0.15, -0.1) is 11.3 Å². The lowest BCUT2D eigenvalue weighted by molar-refractivity contribution is -0.297. The van der Waals surface area contributed by atoms with Crippen molar-refractivity contribution >= 4 is 34.2 Å². The van der Waals surface area contributed by atoms with E-state index in [4.69, 9.17) is 4.74 Å². The molecule has 6 nitrogen and oxygen atoms in total. The van der Waals surface area contributed by atoms with Gasteiger partial charge in [0.25, 0.3) is 0 Å². The van der Waals surface area contributed by atoms with Gasteiger partial charge >= 0.3 is 5.97 Å².